The molecule has 2 N–H and O–H groups in total. The van der Waals surface area contributed by atoms with Crippen LogP contribution in [0.25, 0.3) is 0 Å². The lowest BCUT2D eigenvalue weighted by Gasteiger charge is -2.24. The molecule has 0 heterocycles. The third-order valence-corrected chi connectivity index (χ3v) is 2.85. The molecule has 0 aromatic heterocycles. The summed E-state index contributed by atoms with van der Waals surface area (Å²) < 4.78 is 5.50. The van der Waals surface area contributed by atoms with Gasteiger partial charge in [-0.05, 0) is 38.9 Å². The fraction of sp³-hybridized carbons (Fsp3) is 0.571. The molecule has 1 rings (SSSR count). The van der Waals surface area contributed by atoms with Crippen LogP contribution in [0.5, 0.6) is 5.75 Å². The van der Waals surface area contributed by atoms with E-state index in [1.54, 1.807) is 26.0 Å². The molecule has 0 amide bonds. The summed E-state index contributed by atoms with van der Waals surface area (Å²) in [6, 6.07) is 4.56. The molecule has 0 fully saturated rings. The molecule has 0 aliphatic rings. The van der Waals surface area contributed by atoms with Crippen molar-refractivity contribution >= 4 is 5.69 Å². The van der Waals surface area contributed by atoms with Gasteiger partial charge < -0.3 is 15.2 Å². The van der Waals surface area contributed by atoms with Crippen LogP contribution in [0.15, 0.2) is 18.2 Å². The first-order valence-corrected chi connectivity index (χ1v) is 6.66. The van der Waals surface area contributed by atoms with Gasteiger partial charge in [0.1, 0.15) is 18.0 Å². The first kappa shape index (κ1) is 16.4. The molecule has 1 aromatic carbocycles. The van der Waals surface area contributed by atoms with Crippen LogP contribution in [0.1, 0.15) is 25.8 Å². The lowest BCUT2D eigenvalue weighted by molar-refractivity contribution is -0.385. The molecule has 6 heteroatoms. The van der Waals surface area contributed by atoms with Crippen molar-refractivity contribution in [3.05, 3.63) is 33.9 Å². The zero-order valence-corrected chi connectivity index (χ0v) is 12.2. The van der Waals surface area contributed by atoms with Gasteiger partial charge in [0.25, 0.3) is 5.69 Å². The van der Waals surface area contributed by atoms with Gasteiger partial charge in [-0.1, -0.05) is 6.92 Å². The van der Waals surface area contributed by atoms with Crippen molar-refractivity contribution < 1.29 is 14.8 Å². The Morgan fingerprint density at radius 2 is 2.20 bits per heavy atom. The van der Waals surface area contributed by atoms with Crippen molar-refractivity contribution in [1.29, 1.82) is 0 Å². The van der Waals surface area contributed by atoms with Gasteiger partial charge in [-0.25, -0.2) is 0 Å². The summed E-state index contributed by atoms with van der Waals surface area (Å²) in [4.78, 5) is 10.3. The molecule has 0 radical (unpaired) electrons. The van der Waals surface area contributed by atoms with E-state index in [9.17, 15) is 15.2 Å². The van der Waals surface area contributed by atoms with Crippen molar-refractivity contribution in [2.24, 2.45) is 0 Å². The van der Waals surface area contributed by atoms with Crippen molar-refractivity contribution in [3.63, 3.8) is 0 Å². The lowest BCUT2D eigenvalue weighted by Crippen LogP contribution is -2.43. The fourth-order valence-corrected chi connectivity index (χ4v) is 1.75. The van der Waals surface area contributed by atoms with Gasteiger partial charge in [0.05, 0.1) is 4.92 Å². The SMILES string of the molecule is CCCNCC(C)(O)COc1ccc([N+](=O)[O-])c(C)c1. The van der Waals surface area contributed by atoms with E-state index in [0.717, 1.165) is 13.0 Å². The predicted octanol–water partition coefficient (Wildman–Crippen LogP) is 2.03. The van der Waals surface area contributed by atoms with E-state index in [4.69, 9.17) is 4.74 Å². The zero-order valence-electron chi connectivity index (χ0n) is 12.2. The first-order valence-electron chi connectivity index (χ1n) is 6.66. The normalized spacial score (nSPS) is 13.8. The van der Waals surface area contributed by atoms with Crippen LogP contribution in [0.2, 0.25) is 0 Å². The topological polar surface area (TPSA) is 84.6 Å². The van der Waals surface area contributed by atoms with E-state index in [-0.39, 0.29) is 12.3 Å². The molecule has 0 aliphatic carbocycles. The molecule has 0 saturated heterocycles. The number of nitro groups is 1. The predicted molar refractivity (Wildman–Crippen MR) is 77.1 cm³/mol. The summed E-state index contributed by atoms with van der Waals surface area (Å²) in [6.45, 7) is 6.80. The van der Waals surface area contributed by atoms with Crippen LogP contribution in [0.3, 0.4) is 0 Å². The largest absolute Gasteiger partial charge is 0.491 e. The molecule has 1 atom stereocenters. The van der Waals surface area contributed by atoms with Crippen LogP contribution in [-0.2, 0) is 0 Å². The van der Waals surface area contributed by atoms with E-state index in [1.165, 1.54) is 6.07 Å². The van der Waals surface area contributed by atoms with Crippen molar-refractivity contribution in [2.75, 3.05) is 19.7 Å². The summed E-state index contributed by atoms with van der Waals surface area (Å²) in [5, 5.41) is 24.0. The van der Waals surface area contributed by atoms with Gasteiger partial charge in [-0.15, -0.1) is 0 Å². The van der Waals surface area contributed by atoms with Crippen molar-refractivity contribution in [1.82, 2.24) is 5.32 Å². The summed E-state index contributed by atoms with van der Waals surface area (Å²) >= 11 is 0. The number of benzene rings is 1. The van der Waals surface area contributed by atoms with Crippen LogP contribution in [-0.4, -0.2) is 35.3 Å². The number of aryl methyl sites for hydroxylation is 1. The molecule has 6 nitrogen and oxygen atoms in total. The second kappa shape index (κ2) is 7.21. The van der Waals surface area contributed by atoms with E-state index in [1.807, 2.05) is 0 Å². The molecule has 1 unspecified atom stereocenters. The number of hydrogen-bond acceptors (Lipinski definition) is 5. The Morgan fingerprint density at radius 1 is 1.50 bits per heavy atom. The minimum Gasteiger partial charge on any atom is -0.491 e. The van der Waals surface area contributed by atoms with Crippen LogP contribution in [0.4, 0.5) is 5.69 Å². The average Bonchev–Trinajstić information content (AvgIpc) is 2.36. The van der Waals surface area contributed by atoms with Gasteiger partial charge in [0, 0.05) is 18.2 Å². The minimum atomic E-state index is -0.981. The Bertz CT molecular complexity index is 460. The third-order valence-electron chi connectivity index (χ3n) is 2.85. The van der Waals surface area contributed by atoms with Crippen LogP contribution < -0.4 is 10.1 Å². The van der Waals surface area contributed by atoms with Gasteiger partial charge >= 0.3 is 0 Å². The average molecular weight is 282 g/mol. The highest BCUT2D eigenvalue weighted by molar-refractivity contribution is 5.44. The highest BCUT2D eigenvalue weighted by Crippen LogP contribution is 2.23. The lowest BCUT2D eigenvalue weighted by atomic mass is 10.1. The molecule has 112 valence electrons. The Morgan fingerprint density at radius 3 is 2.75 bits per heavy atom. The van der Waals surface area contributed by atoms with Gasteiger partial charge in [-0.2, -0.15) is 0 Å². The van der Waals surface area contributed by atoms with Crippen molar-refractivity contribution in [3.8, 4) is 5.75 Å². The van der Waals surface area contributed by atoms with E-state index < -0.39 is 10.5 Å². The number of hydrogen-bond donors (Lipinski definition) is 2. The quantitative estimate of drug-likeness (QED) is 0.433. The standard InChI is InChI=1S/C14H22N2O4/c1-4-7-15-9-14(3,17)10-20-12-5-6-13(16(18)19)11(2)8-12/h5-6,8,15,17H,4,7,9-10H2,1-3H3. The molecule has 0 aliphatic heterocycles. The molecule has 0 bridgehead atoms. The maximum atomic E-state index is 10.7. The fourth-order valence-electron chi connectivity index (χ4n) is 1.75. The van der Waals surface area contributed by atoms with E-state index >= 15 is 0 Å². The number of rotatable bonds is 8. The number of aliphatic hydroxyl groups is 1. The van der Waals surface area contributed by atoms with Gasteiger partial charge in [-0.3, -0.25) is 10.1 Å². The molecule has 0 saturated carbocycles. The second-order valence-electron chi connectivity index (χ2n) is 5.17. The summed E-state index contributed by atoms with van der Waals surface area (Å²) in [5.74, 6) is 0.517. The molecule has 20 heavy (non-hydrogen) atoms. The maximum Gasteiger partial charge on any atom is 0.272 e. The highest BCUT2D eigenvalue weighted by Gasteiger charge is 2.21. The number of ether oxygens (including phenoxy) is 1. The van der Waals surface area contributed by atoms with E-state index in [0.29, 0.717) is 17.9 Å². The number of nitrogens with zero attached hydrogens (tertiary/aromatic N) is 1. The summed E-state index contributed by atoms with van der Waals surface area (Å²) in [5.41, 5.74) is -0.379. The molecular weight excluding hydrogens is 260 g/mol. The minimum absolute atomic E-state index is 0.0636. The maximum absolute atomic E-state index is 10.7. The third kappa shape index (κ3) is 5.14. The monoisotopic (exact) mass is 282 g/mol. The summed E-state index contributed by atoms with van der Waals surface area (Å²) in [6.07, 6.45) is 0.998. The molecule has 0 spiro atoms. The number of nitro benzene ring substituents is 1. The Labute approximate surface area is 118 Å². The van der Waals surface area contributed by atoms with Gasteiger partial charge in [0.15, 0.2) is 0 Å². The summed E-state index contributed by atoms with van der Waals surface area (Å²) in [7, 11) is 0. The van der Waals surface area contributed by atoms with Crippen LogP contribution >= 0.6 is 0 Å². The zero-order chi connectivity index (χ0) is 15.2. The highest BCUT2D eigenvalue weighted by atomic mass is 16.6. The Balaban J connectivity index is 2.57. The second-order valence-corrected chi connectivity index (χ2v) is 5.17. The Kier molecular flexibility index (Phi) is 5.91. The molecule has 1 aromatic rings. The van der Waals surface area contributed by atoms with E-state index in [2.05, 4.69) is 12.2 Å². The first-order chi connectivity index (χ1) is 9.35. The van der Waals surface area contributed by atoms with Crippen LogP contribution in [0, 0.1) is 17.0 Å². The van der Waals surface area contributed by atoms with Crippen molar-refractivity contribution in [2.45, 2.75) is 32.8 Å². The molecular formula is C14H22N2O4. The number of nitrogens with one attached hydrogen (secondary N) is 1. The Hall–Kier alpha value is -1.66. The van der Waals surface area contributed by atoms with Gasteiger partial charge in [0.2, 0.25) is 0 Å². The smallest absolute Gasteiger partial charge is 0.272 e.